The number of imide groups is 2. The molecule has 284 valence electrons. The third-order valence-corrected chi connectivity index (χ3v) is 14.0. The molecule has 4 amide bonds. The van der Waals surface area contributed by atoms with Crippen molar-refractivity contribution in [3.05, 3.63) is 113 Å². The molecule has 2 aromatic heterocycles. The molecule has 0 spiro atoms. The Kier molecular flexibility index (Phi) is 8.68. The first-order chi connectivity index (χ1) is 27.0. The summed E-state index contributed by atoms with van der Waals surface area (Å²) in [7, 11) is 1.73. The molecule has 0 radical (unpaired) electrons. The Morgan fingerprint density at radius 2 is 1.77 bits per heavy atom. The lowest BCUT2D eigenvalue weighted by Crippen LogP contribution is -2.49. The van der Waals surface area contributed by atoms with Gasteiger partial charge in [0.15, 0.2) is 0 Å². The second kappa shape index (κ2) is 13.4. The van der Waals surface area contributed by atoms with Gasteiger partial charge in [-0.15, -0.1) is 11.3 Å². The van der Waals surface area contributed by atoms with E-state index in [9.17, 15) is 19.5 Å². The van der Waals surface area contributed by atoms with Gasteiger partial charge in [0.1, 0.15) is 23.9 Å². The molecule has 4 heterocycles. The average Bonchev–Trinajstić information content (AvgIpc) is 3.87. The van der Waals surface area contributed by atoms with Gasteiger partial charge in [0, 0.05) is 34.3 Å². The number of aromatic nitrogens is 2. The maximum absolute atomic E-state index is 15.2. The van der Waals surface area contributed by atoms with Crippen molar-refractivity contribution in [3.63, 3.8) is 0 Å². The first-order valence-electron chi connectivity index (χ1n) is 18.7. The number of nitrogens with zero attached hydrogens (tertiary/aromatic N) is 4. The lowest BCUT2D eigenvalue weighted by atomic mass is 9.51. The first-order valence-corrected chi connectivity index (χ1v) is 19.9. The van der Waals surface area contributed by atoms with Crippen LogP contribution in [0, 0.1) is 36.0 Å². The van der Waals surface area contributed by atoms with Crippen molar-refractivity contribution in [2.75, 3.05) is 23.0 Å². The second-order valence-corrected chi connectivity index (χ2v) is 16.8. The molecule has 10 nitrogen and oxygen atoms in total. The number of ether oxygens (including phenoxy) is 1. The van der Waals surface area contributed by atoms with Gasteiger partial charge in [0.25, 0.3) is 0 Å². The van der Waals surface area contributed by atoms with Crippen molar-refractivity contribution >= 4 is 74.2 Å². The minimum atomic E-state index is -1.29. The SMILES string of the molecule is C=Cc1ccc(N2C(=O)[C@H]3[C@H](CC=C4[C@H]3C[C@H]3C(=O)N(c5cc(-c6sc7ccc(Cl)cc7c6C)nn5C)C(=O)[C@@]3(C)[C@H]4c3ccccc3OCCO)C2=O)cc1. The number of anilines is 2. The lowest BCUT2D eigenvalue weighted by Gasteiger charge is -2.49. The number of hydrogen-bond donors (Lipinski definition) is 1. The van der Waals surface area contributed by atoms with Crippen molar-refractivity contribution < 1.29 is 29.0 Å². The summed E-state index contributed by atoms with van der Waals surface area (Å²) >= 11 is 7.90. The highest BCUT2D eigenvalue weighted by atomic mass is 35.5. The van der Waals surface area contributed by atoms with Crippen LogP contribution in [0.15, 0.2) is 91.0 Å². The molecule has 0 unspecified atom stereocenters. The molecule has 1 N–H and O–H groups in total. The second-order valence-electron chi connectivity index (χ2n) is 15.3. The van der Waals surface area contributed by atoms with Crippen LogP contribution in [0.3, 0.4) is 0 Å². The zero-order chi connectivity index (χ0) is 39.2. The van der Waals surface area contributed by atoms with Gasteiger partial charge in [0.05, 0.1) is 40.3 Å². The van der Waals surface area contributed by atoms with Crippen LogP contribution in [0.4, 0.5) is 11.5 Å². The maximum atomic E-state index is 15.2. The van der Waals surface area contributed by atoms with Gasteiger partial charge in [-0.2, -0.15) is 5.10 Å². The quantitative estimate of drug-likeness (QED) is 0.126. The van der Waals surface area contributed by atoms with E-state index in [-0.39, 0.29) is 43.3 Å². The van der Waals surface area contributed by atoms with Crippen molar-refractivity contribution in [1.29, 1.82) is 0 Å². The van der Waals surface area contributed by atoms with Crippen LogP contribution in [0.25, 0.3) is 26.7 Å². The number of aliphatic hydroxyl groups is 1. The number of aryl methyl sites for hydroxylation is 2. The molecule has 2 saturated heterocycles. The van der Waals surface area contributed by atoms with E-state index in [1.807, 2.05) is 68.5 Å². The van der Waals surface area contributed by atoms with Gasteiger partial charge < -0.3 is 9.84 Å². The van der Waals surface area contributed by atoms with E-state index < -0.39 is 35.0 Å². The van der Waals surface area contributed by atoms with Gasteiger partial charge in [-0.3, -0.25) is 28.8 Å². The molecule has 2 aliphatic carbocycles. The Morgan fingerprint density at radius 1 is 1.00 bits per heavy atom. The van der Waals surface area contributed by atoms with Crippen molar-refractivity contribution in [1.82, 2.24) is 9.78 Å². The summed E-state index contributed by atoms with van der Waals surface area (Å²) in [5, 5.41) is 16.2. The van der Waals surface area contributed by atoms with E-state index in [2.05, 4.69) is 6.58 Å². The average molecular weight is 787 g/mol. The lowest BCUT2D eigenvalue weighted by molar-refractivity contribution is -0.131. The Balaban J connectivity index is 1.15. The molecule has 5 aromatic rings. The number of benzene rings is 3. The predicted octanol–water partition coefficient (Wildman–Crippen LogP) is 7.71. The van der Waals surface area contributed by atoms with Crippen LogP contribution in [0.2, 0.25) is 5.02 Å². The number of amides is 4. The molecule has 12 heteroatoms. The summed E-state index contributed by atoms with van der Waals surface area (Å²) in [6.07, 6.45) is 4.25. The van der Waals surface area contributed by atoms with E-state index in [1.54, 1.807) is 53.4 Å². The first kappa shape index (κ1) is 36.3. The van der Waals surface area contributed by atoms with Crippen molar-refractivity contribution in [3.8, 4) is 16.3 Å². The molecular formula is C44H39ClN4O6S. The summed E-state index contributed by atoms with van der Waals surface area (Å²) in [6.45, 7) is 7.49. The summed E-state index contributed by atoms with van der Waals surface area (Å²) < 4.78 is 8.70. The summed E-state index contributed by atoms with van der Waals surface area (Å²) in [6, 6.07) is 22.1. The topological polar surface area (TPSA) is 122 Å². The van der Waals surface area contributed by atoms with Gasteiger partial charge in [-0.1, -0.05) is 66.2 Å². The minimum absolute atomic E-state index is 0.0315. The van der Waals surface area contributed by atoms with Gasteiger partial charge in [-0.25, -0.2) is 4.90 Å². The van der Waals surface area contributed by atoms with Crippen LogP contribution in [-0.2, 0) is 26.2 Å². The summed E-state index contributed by atoms with van der Waals surface area (Å²) in [4.78, 5) is 62.3. The number of allylic oxidation sites excluding steroid dienone is 2. The zero-order valence-corrected chi connectivity index (χ0v) is 32.6. The van der Waals surface area contributed by atoms with E-state index in [1.165, 1.54) is 9.80 Å². The van der Waals surface area contributed by atoms with Crippen molar-refractivity contribution in [2.45, 2.75) is 32.6 Å². The molecule has 0 bridgehead atoms. The Bertz CT molecular complexity index is 2540. The number of halogens is 1. The van der Waals surface area contributed by atoms with E-state index >= 15 is 4.79 Å². The Morgan fingerprint density at radius 3 is 2.52 bits per heavy atom. The molecule has 9 rings (SSSR count). The number of aliphatic hydroxyl groups excluding tert-OH is 1. The Labute approximate surface area is 332 Å². The number of fused-ring (bicyclic) bond motifs is 5. The highest BCUT2D eigenvalue weighted by Crippen LogP contribution is 2.64. The molecule has 6 atom stereocenters. The molecule has 4 aliphatic rings. The highest BCUT2D eigenvalue weighted by Gasteiger charge is 2.68. The Hall–Kier alpha value is -5.36. The third-order valence-electron chi connectivity index (χ3n) is 12.5. The van der Waals surface area contributed by atoms with E-state index in [0.717, 1.165) is 31.7 Å². The number of carbonyl (C=O) groups is 4. The van der Waals surface area contributed by atoms with Crippen LogP contribution >= 0.6 is 22.9 Å². The molecular weight excluding hydrogens is 748 g/mol. The fourth-order valence-corrected chi connectivity index (χ4v) is 11.1. The molecule has 56 heavy (non-hydrogen) atoms. The summed E-state index contributed by atoms with van der Waals surface area (Å²) in [5.41, 5.74) is 3.24. The van der Waals surface area contributed by atoms with E-state index in [4.69, 9.17) is 21.4 Å². The molecule has 3 fully saturated rings. The van der Waals surface area contributed by atoms with Crippen LogP contribution in [0.5, 0.6) is 5.75 Å². The predicted molar refractivity (Wildman–Crippen MR) is 216 cm³/mol. The molecule has 1 saturated carbocycles. The normalized spacial score (nSPS) is 25.7. The zero-order valence-electron chi connectivity index (χ0n) is 31.1. The van der Waals surface area contributed by atoms with Gasteiger partial charge in [0.2, 0.25) is 23.6 Å². The standard InChI is InChI=1S/C44H39ClN4O6S/c1-5-24-10-13-26(14-11-24)48-40(51)29-16-15-27-31(37(29)42(48)53)21-32-41(52)49(43(54)44(32,3)38(27)28-8-6-7-9-34(28)55-19-18-50)36-22-33(46-47(36)4)39-23(2)30-20-25(45)12-17-35(30)56-39/h5-15,17,20,22,29,31-32,37-38,50H,1,16,18-19,21H2,2-4H3/t29-,31+,32-,37-,38+,44+/m0/s1. The van der Waals surface area contributed by atoms with Crippen LogP contribution in [-0.4, -0.2) is 51.7 Å². The minimum Gasteiger partial charge on any atom is -0.491 e. The fraction of sp³-hybridized carbons (Fsp3) is 0.295. The van der Waals surface area contributed by atoms with Gasteiger partial charge in [-0.05, 0) is 85.5 Å². The molecule has 3 aromatic carbocycles. The highest BCUT2D eigenvalue weighted by molar-refractivity contribution is 7.22. The van der Waals surface area contributed by atoms with Crippen LogP contribution in [0.1, 0.15) is 42.4 Å². The van der Waals surface area contributed by atoms with Crippen LogP contribution < -0.4 is 14.5 Å². The smallest absolute Gasteiger partial charge is 0.242 e. The number of thiophene rings is 1. The largest absolute Gasteiger partial charge is 0.491 e. The van der Waals surface area contributed by atoms with Gasteiger partial charge >= 0.3 is 0 Å². The fourth-order valence-electron chi connectivity index (χ4n) is 9.81. The maximum Gasteiger partial charge on any atom is 0.242 e. The summed E-state index contributed by atoms with van der Waals surface area (Å²) in [5.74, 6) is -3.82. The number of carbonyl (C=O) groups excluding carboxylic acids is 4. The monoisotopic (exact) mass is 786 g/mol. The number of para-hydroxylation sites is 1. The van der Waals surface area contributed by atoms with E-state index in [0.29, 0.717) is 40.0 Å². The number of rotatable bonds is 8. The molecule has 2 aliphatic heterocycles. The van der Waals surface area contributed by atoms with Crippen molar-refractivity contribution in [2.24, 2.45) is 36.1 Å². The third kappa shape index (κ3) is 5.20. The number of hydrogen-bond acceptors (Lipinski definition) is 8.